The monoisotopic (exact) mass is 481 g/mol. The predicted octanol–water partition coefficient (Wildman–Crippen LogP) is 3.78. The van der Waals surface area contributed by atoms with Gasteiger partial charge in [0.05, 0.1) is 17.6 Å². The molecule has 0 bridgehead atoms. The molecule has 180 valence electrons. The number of hydrogen-bond donors (Lipinski definition) is 3. The van der Waals surface area contributed by atoms with Crippen LogP contribution in [0.3, 0.4) is 0 Å². The summed E-state index contributed by atoms with van der Waals surface area (Å²) in [5.41, 5.74) is -0.432. The van der Waals surface area contributed by atoms with E-state index in [1.54, 1.807) is 0 Å². The maximum Gasteiger partial charge on any atom is 0.329 e. The highest BCUT2D eigenvalue weighted by Gasteiger charge is 2.24. The molecular formula is C22H20F5N5O2. The first-order valence-electron chi connectivity index (χ1n) is 10.4. The topological polar surface area (TPSA) is 95.9 Å². The van der Waals surface area contributed by atoms with Crippen molar-refractivity contribution in [2.45, 2.75) is 31.9 Å². The van der Waals surface area contributed by atoms with E-state index in [0.717, 1.165) is 22.8 Å². The van der Waals surface area contributed by atoms with Crippen molar-refractivity contribution in [3.63, 3.8) is 0 Å². The Morgan fingerprint density at radius 1 is 1.03 bits per heavy atom. The number of hydrogen-bond acceptors (Lipinski definition) is 5. The summed E-state index contributed by atoms with van der Waals surface area (Å²) in [6, 6.07) is 4.92. The van der Waals surface area contributed by atoms with Crippen LogP contribution < -0.4 is 11.0 Å². The molecule has 2 heterocycles. The fraction of sp³-hybridized carbons (Fsp3) is 0.318. The van der Waals surface area contributed by atoms with Crippen LogP contribution in [0, 0.1) is 28.3 Å². The van der Waals surface area contributed by atoms with Gasteiger partial charge in [-0.05, 0) is 38.1 Å². The van der Waals surface area contributed by atoms with Gasteiger partial charge in [0.2, 0.25) is 5.90 Å². The van der Waals surface area contributed by atoms with Gasteiger partial charge in [-0.1, -0.05) is 6.07 Å². The van der Waals surface area contributed by atoms with E-state index in [2.05, 4.69) is 10.1 Å². The molecule has 0 aliphatic carbocycles. The van der Waals surface area contributed by atoms with Crippen LogP contribution in [0.25, 0.3) is 11.0 Å². The number of benzene rings is 2. The Labute approximate surface area is 189 Å². The fourth-order valence-electron chi connectivity index (χ4n) is 4.04. The van der Waals surface area contributed by atoms with Crippen molar-refractivity contribution < 1.29 is 26.7 Å². The van der Waals surface area contributed by atoms with Crippen LogP contribution in [0.2, 0.25) is 0 Å². The minimum absolute atomic E-state index is 0.00307. The molecular weight excluding hydrogens is 461 g/mol. The van der Waals surface area contributed by atoms with Crippen molar-refractivity contribution in [3.8, 4) is 0 Å². The molecule has 1 aliphatic heterocycles. The SMILES string of the molecule is N=C(OC(=N)C(F)F)c1ccc(Cn2c(=O)n(C3CCNCC3)c3cc(F)c(F)cc32)c(F)c1. The summed E-state index contributed by atoms with van der Waals surface area (Å²) in [5, 5.41) is 17.8. The number of alkyl halides is 2. The van der Waals surface area contributed by atoms with Gasteiger partial charge in [-0.15, -0.1) is 0 Å². The van der Waals surface area contributed by atoms with Crippen LogP contribution >= 0.6 is 0 Å². The third kappa shape index (κ3) is 4.45. The maximum atomic E-state index is 14.8. The van der Waals surface area contributed by atoms with Crippen molar-refractivity contribution in [2.24, 2.45) is 0 Å². The van der Waals surface area contributed by atoms with Gasteiger partial charge in [0, 0.05) is 29.3 Å². The van der Waals surface area contributed by atoms with E-state index in [1.165, 1.54) is 16.7 Å². The van der Waals surface area contributed by atoms with E-state index in [4.69, 9.17) is 10.8 Å². The molecule has 0 unspecified atom stereocenters. The lowest BCUT2D eigenvalue weighted by molar-refractivity contribution is 0.197. The first kappa shape index (κ1) is 23.6. The van der Waals surface area contributed by atoms with Gasteiger partial charge in [-0.25, -0.2) is 18.0 Å². The maximum absolute atomic E-state index is 14.8. The molecule has 7 nitrogen and oxygen atoms in total. The van der Waals surface area contributed by atoms with Crippen molar-refractivity contribution in [1.82, 2.24) is 14.5 Å². The van der Waals surface area contributed by atoms with Crippen LogP contribution in [0.15, 0.2) is 35.1 Å². The zero-order valence-corrected chi connectivity index (χ0v) is 17.7. The predicted molar refractivity (Wildman–Crippen MR) is 114 cm³/mol. The molecule has 0 amide bonds. The minimum Gasteiger partial charge on any atom is -0.419 e. The average Bonchev–Trinajstić information content (AvgIpc) is 3.06. The van der Waals surface area contributed by atoms with Crippen LogP contribution in [0.4, 0.5) is 22.0 Å². The van der Waals surface area contributed by atoms with E-state index >= 15 is 0 Å². The van der Waals surface area contributed by atoms with Gasteiger partial charge in [0.1, 0.15) is 5.82 Å². The van der Waals surface area contributed by atoms with E-state index in [-0.39, 0.29) is 34.7 Å². The van der Waals surface area contributed by atoms with Gasteiger partial charge in [0.15, 0.2) is 11.6 Å². The van der Waals surface area contributed by atoms with E-state index < -0.39 is 41.4 Å². The molecule has 2 aromatic carbocycles. The number of aromatic nitrogens is 2. The number of nitrogens with zero attached hydrogens (tertiary/aromatic N) is 2. The Morgan fingerprint density at radius 3 is 2.29 bits per heavy atom. The highest BCUT2D eigenvalue weighted by molar-refractivity contribution is 5.99. The molecule has 0 atom stereocenters. The lowest BCUT2D eigenvalue weighted by Gasteiger charge is -2.23. The Morgan fingerprint density at radius 2 is 1.68 bits per heavy atom. The Hall–Kier alpha value is -3.54. The van der Waals surface area contributed by atoms with Crippen molar-refractivity contribution in [3.05, 3.63) is 69.4 Å². The van der Waals surface area contributed by atoms with Crippen LogP contribution in [0.1, 0.15) is 30.0 Å². The third-order valence-electron chi connectivity index (χ3n) is 5.73. The number of imidazole rings is 1. The zero-order chi connectivity index (χ0) is 24.6. The summed E-state index contributed by atoms with van der Waals surface area (Å²) in [4.78, 5) is 13.3. The molecule has 3 aromatic rings. The van der Waals surface area contributed by atoms with Crippen molar-refractivity contribution in [1.29, 1.82) is 10.8 Å². The second-order valence-corrected chi connectivity index (χ2v) is 7.88. The normalized spacial score (nSPS) is 14.6. The van der Waals surface area contributed by atoms with E-state index in [1.807, 2.05) is 0 Å². The molecule has 3 N–H and O–H groups in total. The third-order valence-corrected chi connectivity index (χ3v) is 5.73. The van der Waals surface area contributed by atoms with Gasteiger partial charge >= 0.3 is 12.1 Å². The largest absolute Gasteiger partial charge is 0.419 e. The van der Waals surface area contributed by atoms with Gasteiger partial charge in [-0.3, -0.25) is 20.0 Å². The molecule has 1 saturated heterocycles. The molecule has 34 heavy (non-hydrogen) atoms. The molecule has 1 aromatic heterocycles. The molecule has 12 heteroatoms. The fourth-order valence-corrected chi connectivity index (χ4v) is 4.04. The number of piperidine rings is 1. The second kappa shape index (κ2) is 9.37. The Balaban J connectivity index is 1.71. The highest BCUT2D eigenvalue weighted by atomic mass is 19.3. The summed E-state index contributed by atoms with van der Waals surface area (Å²) >= 11 is 0. The van der Waals surface area contributed by atoms with Crippen LogP contribution in [0.5, 0.6) is 0 Å². The smallest absolute Gasteiger partial charge is 0.329 e. The minimum atomic E-state index is -3.22. The standard InChI is InChI=1S/C22H20F5N5O2/c23-14-7-11(20(28)34-21(29)19(26)27)1-2-12(14)10-31-17-8-15(24)16(25)9-18(17)32(22(31)33)13-3-5-30-6-4-13/h1-2,7-9,13,19,28-30H,3-6,10H2. The summed E-state index contributed by atoms with van der Waals surface area (Å²) < 4.78 is 74.7. The Bertz CT molecular complexity index is 1330. The molecule has 1 fully saturated rings. The van der Waals surface area contributed by atoms with E-state index in [9.17, 15) is 26.7 Å². The summed E-state index contributed by atoms with van der Waals surface area (Å²) in [6.45, 7) is 0.993. The van der Waals surface area contributed by atoms with Crippen molar-refractivity contribution in [2.75, 3.05) is 13.1 Å². The summed E-state index contributed by atoms with van der Waals surface area (Å²) in [6.07, 6.45) is -2.01. The summed E-state index contributed by atoms with van der Waals surface area (Å²) in [7, 11) is 0. The molecule has 1 aliphatic rings. The van der Waals surface area contributed by atoms with Crippen LogP contribution in [-0.2, 0) is 11.3 Å². The lowest BCUT2D eigenvalue weighted by atomic mass is 10.1. The van der Waals surface area contributed by atoms with Gasteiger partial charge in [0.25, 0.3) is 5.90 Å². The number of rotatable bonds is 5. The molecule has 4 rings (SSSR count). The van der Waals surface area contributed by atoms with E-state index in [0.29, 0.717) is 25.9 Å². The van der Waals surface area contributed by atoms with Crippen molar-refractivity contribution >= 4 is 22.8 Å². The van der Waals surface area contributed by atoms with Gasteiger partial charge in [-0.2, -0.15) is 8.78 Å². The molecule has 0 spiro atoms. The highest BCUT2D eigenvalue weighted by Crippen LogP contribution is 2.26. The zero-order valence-electron chi connectivity index (χ0n) is 17.7. The number of nitrogens with one attached hydrogen (secondary N) is 3. The molecule has 0 saturated carbocycles. The lowest BCUT2D eigenvalue weighted by Crippen LogP contribution is -2.35. The quantitative estimate of drug-likeness (QED) is 0.294. The second-order valence-electron chi connectivity index (χ2n) is 7.88. The first-order valence-corrected chi connectivity index (χ1v) is 10.4. The average molecular weight is 481 g/mol. The van der Waals surface area contributed by atoms with Gasteiger partial charge < -0.3 is 10.1 Å². The number of ether oxygens (including phenoxy) is 1. The number of fused-ring (bicyclic) bond motifs is 1. The Kier molecular flexibility index (Phi) is 6.51. The first-order chi connectivity index (χ1) is 16.2. The molecule has 0 radical (unpaired) electrons. The van der Waals surface area contributed by atoms with Crippen LogP contribution in [-0.4, -0.2) is 40.4 Å². The summed E-state index contributed by atoms with van der Waals surface area (Å²) in [5.74, 6) is -5.40. The number of halogens is 5.